The number of pyridine rings is 1. The Balaban J connectivity index is 2.33. The molecular weight excluding hydrogens is 194 g/mol. The smallest absolute Gasteiger partial charge is 0.130 e. The third kappa shape index (κ3) is 1.04. The summed E-state index contributed by atoms with van der Waals surface area (Å²) in [5.41, 5.74) is 2.01. The predicted octanol–water partition coefficient (Wildman–Crippen LogP) is 2.46. The number of rotatable bonds is 1. The van der Waals surface area contributed by atoms with Crippen LogP contribution in [0, 0.1) is 0 Å². The van der Waals surface area contributed by atoms with Crippen molar-refractivity contribution in [2.24, 2.45) is 0 Å². The third-order valence-corrected chi connectivity index (χ3v) is 2.95. The molecule has 14 heavy (non-hydrogen) atoms. The van der Waals surface area contributed by atoms with Gasteiger partial charge in [-0.1, -0.05) is 17.3 Å². The van der Waals surface area contributed by atoms with Crippen LogP contribution in [0.3, 0.4) is 0 Å². The molecule has 3 aromatic heterocycles. The van der Waals surface area contributed by atoms with Gasteiger partial charge >= 0.3 is 0 Å². The Bertz CT molecular complexity index is 554. The van der Waals surface area contributed by atoms with Crippen molar-refractivity contribution >= 4 is 16.9 Å². The first-order valence-corrected chi connectivity index (χ1v) is 5.17. The molecule has 0 atom stereocenters. The maximum atomic E-state index is 4.16. The van der Waals surface area contributed by atoms with E-state index in [-0.39, 0.29) is 0 Å². The Morgan fingerprint density at radius 1 is 1.14 bits per heavy atom. The van der Waals surface area contributed by atoms with Gasteiger partial charge in [-0.25, -0.2) is 4.52 Å². The Labute approximate surface area is 84.6 Å². The van der Waals surface area contributed by atoms with Crippen LogP contribution in [0.5, 0.6) is 0 Å². The summed E-state index contributed by atoms with van der Waals surface area (Å²) in [4.78, 5) is 1.16. The van der Waals surface area contributed by atoms with E-state index in [1.165, 1.54) is 0 Å². The SMILES string of the molecule is c1csc(-c2nnn3ccccc23)c1. The van der Waals surface area contributed by atoms with E-state index in [4.69, 9.17) is 0 Å². The van der Waals surface area contributed by atoms with E-state index in [1.54, 1.807) is 15.9 Å². The van der Waals surface area contributed by atoms with E-state index < -0.39 is 0 Å². The van der Waals surface area contributed by atoms with Crippen molar-refractivity contribution in [1.29, 1.82) is 0 Å². The lowest BCUT2D eigenvalue weighted by molar-refractivity contribution is 0.857. The minimum absolute atomic E-state index is 0.959. The van der Waals surface area contributed by atoms with Gasteiger partial charge in [0.05, 0.1) is 10.4 Å². The average Bonchev–Trinajstić information content (AvgIpc) is 2.85. The summed E-state index contributed by atoms with van der Waals surface area (Å²) in [5.74, 6) is 0. The maximum Gasteiger partial charge on any atom is 0.130 e. The molecule has 0 aliphatic carbocycles. The van der Waals surface area contributed by atoms with Crippen molar-refractivity contribution in [2.75, 3.05) is 0 Å². The molecule has 3 nitrogen and oxygen atoms in total. The van der Waals surface area contributed by atoms with Crippen LogP contribution in [0.4, 0.5) is 0 Å². The minimum atomic E-state index is 0.959. The molecule has 0 N–H and O–H groups in total. The molecule has 68 valence electrons. The highest BCUT2D eigenvalue weighted by molar-refractivity contribution is 7.13. The number of fused-ring (bicyclic) bond motifs is 1. The zero-order valence-corrected chi connectivity index (χ0v) is 8.11. The lowest BCUT2D eigenvalue weighted by Crippen LogP contribution is -1.83. The van der Waals surface area contributed by atoms with Gasteiger partial charge in [0.1, 0.15) is 5.69 Å². The fraction of sp³-hybridized carbons (Fsp3) is 0. The monoisotopic (exact) mass is 201 g/mol. The van der Waals surface area contributed by atoms with Crippen LogP contribution < -0.4 is 0 Å². The first kappa shape index (κ1) is 7.70. The van der Waals surface area contributed by atoms with Gasteiger partial charge in [-0.15, -0.1) is 16.4 Å². The average molecular weight is 201 g/mol. The highest BCUT2D eigenvalue weighted by atomic mass is 32.1. The fourth-order valence-corrected chi connectivity index (χ4v) is 2.15. The van der Waals surface area contributed by atoms with E-state index >= 15 is 0 Å². The van der Waals surface area contributed by atoms with E-state index in [9.17, 15) is 0 Å². The van der Waals surface area contributed by atoms with Crippen LogP contribution >= 0.6 is 11.3 Å². The molecule has 3 heterocycles. The van der Waals surface area contributed by atoms with Crippen LogP contribution in [0.2, 0.25) is 0 Å². The topological polar surface area (TPSA) is 30.2 Å². The van der Waals surface area contributed by atoms with Gasteiger partial charge in [-0.2, -0.15) is 0 Å². The van der Waals surface area contributed by atoms with Crippen molar-refractivity contribution in [3.63, 3.8) is 0 Å². The number of hydrogen-bond donors (Lipinski definition) is 0. The molecule has 0 unspecified atom stereocenters. The highest BCUT2D eigenvalue weighted by Crippen LogP contribution is 2.25. The maximum absolute atomic E-state index is 4.16. The summed E-state index contributed by atoms with van der Waals surface area (Å²) >= 11 is 1.68. The third-order valence-electron chi connectivity index (χ3n) is 2.08. The Morgan fingerprint density at radius 3 is 3.00 bits per heavy atom. The summed E-state index contributed by atoms with van der Waals surface area (Å²) < 4.78 is 1.79. The lowest BCUT2D eigenvalue weighted by atomic mass is 10.3. The largest absolute Gasteiger partial charge is 0.220 e. The molecule has 0 aromatic carbocycles. The second kappa shape index (κ2) is 2.92. The normalized spacial score (nSPS) is 10.9. The van der Waals surface area contributed by atoms with Gasteiger partial charge in [0, 0.05) is 6.20 Å². The van der Waals surface area contributed by atoms with Crippen molar-refractivity contribution in [3.05, 3.63) is 41.9 Å². The summed E-state index contributed by atoms with van der Waals surface area (Å²) in [6.07, 6.45) is 1.90. The van der Waals surface area contributed by atoms with Crippen LogP contribution in [0.25, 0.3) is 16.1 Å². The molecule has 0 fully saturated rings. The number of hydrogen-bond acceptors (Lipinski definition) is 3. The highest BCUT2D eigenvalue weighted by Gasteiger charge is 2.07. The van der Waals surface area contributed by atoms with E-state index in [0.29, 0.717) is 0 Å². The van der Waals surface area contributed by atoms with Gasteiger partial charge in [0.25, 0.3) is 0 Å². The molecule has 3 rings (SSSR count). The van der Waals surface area contributed by atoms with E-state index in [1.807, 2.05) is 35.8 Å². The lowest BCUT2D eigenvalue weighted by Gasteiger charge is -1.91. The van der Waals surface area contributed by atoms with Crippen molar-refractivity contribution < 1.29 is 0 Å². The zero-order chi connectivity index (χ0) is 9.38. The minimum Gasteiger partial charge on any atom is -0.220 e. The standard InChI is InChI=1S/C10H7N3S/c1-2-6-13-8(4-1)10(11-12-13)9-5-3-7-14-9/h1-7H. The first-order chi connectivity index (χ1) is 6.95. The van der Waals surface area contributed by atoms with Gasteiger partial charge in [-0.05, 0) is 23.6 Å². The number of aromatic nitrogens is 3. The van der Waals surface area contributed by atoms with Crippen LogP contribution in [0.15, 0.2) is 41.9 Å². The van der Waals surface area contributed by atoms with Gasteiger partial charge in [0.2, 0.25) is 0 Å². The van der Waals surface area contributed by atoms with Crippen LogP contribution in [-0.2, 0) is 0 Å². The van der Waals surface area contributed by atoms with Crippen molar-refractivity contribution in [2.45, 2.75) is 0 Å². The second-order valence-corrected chi connectivity index (χ2v) is 3.89. The molecule has 3 aromatic rings. The summed E-state index contributed by atoms with van der Waals surface area (Å²) in [6, 6.07) is 10.0. The molecule has 0 aliphatic rings. The van der Waals surface area contributed by atoms with Gasteiger partial charge in [0.15, 0.2) is 0 Å². The molecule has 0 radical (unpaired) electrons. The molecular formula is C10H7N3S. The molecule has 4 heteroatoms. The molecule has 0 spiro atoms. The first-order valence-electron chi connectivity index (χ1n) is 4.29. The van der Waals surface area contributed by atoms with E-state index in [2.05, 4.69) is 16.4 Å². The summed E-state index contributed by atoms with van der Waals surface area (Å²) in [7, 11) is 0. The Hall–Kier alpha value is -1.68. The van der Waals surface area contributed by atoms with Crippen LogP contribution in [0.1, 0.15) is 0 Å². The number of thiophene rings is 1. The molecule has 0 aliphatic heterocycles. The summed E-state index contributed by atoms with van der Waals surface area (Å²) in [5, 5.41) is 10.3. The molecule has 0 amide bonds. The zero-order valence-electron chi connectivity index (χ0n) is 7.29. The van der Waals surface area contributed by atoms with Crippen molar-refractivity contribution in [3.8, 4) is 10.6 Å². The quantitative estimate of drug-likeness (QED) is 0.605. The molecule has 0 saturated heterocycles. The van der Waals surface area contributed by atoms with Gasteiger partial charge < -0.3 is 0 Å². The Morgan fingerprint density at radius 2 is 2.14 bits per heavy atom. The summed E-state index contributed by atoms with van der Waals surface area (Å²) in [6.45, 7) is 0. The second-order valence-electron chi connectivity index (χ2n) is 2.95. The van der Waals surface area contributed by atoms with Crippen molar-refractivity contribution in [1.82, 2.24) is 14.8 Å². The Kier molecular flexibility index (Phi) is 1.61. The molecule has 0 saturated carbocycles. The fourth-order valence-electron chi connectivity index (χ4n) is 1.43. The number of nitrogens with zero attached hydrogens (tertiary/aromatic N) is 3. The molecule has 0 bridgehead atoms. The van der Waals surface area contributed by atoms with E-state index in [0.717, 1.165) is 16.1 Å². The predicted molar refractivity (Wildman–Crippen MR) is 56.3 cm³/mol. The van der Waals surface area contributed by atoms with Crippen LogP contribution in [-0.4, -0.2) is 14.8 Å². The van der Waals surface area contributed by atoms with Gasteiger partial charge in [-0.3, -0.25) is 0 Å².